The van der Waals surface area contributed by atoms with Crippen LogP contribution in [0.25, 0.3) is 0 Å². The standard InChI is InChI=1S/C17H25N3O5S/c1-11(2)15(16(21)22)19-17(23)18-14-5-4-10-20(14)26(24,25)13-8-6-12(3)7-9-13/h6-9,11,14-15H,4-5,10H2,1-3H3,(H,21,22)(H2,18,19,23)/t14-,15-/m0/s1. The van der Waals surface area contributed by atoms with Gasteiger partial charge in [-0.25, -0.2) is 18.0 Å². The summed E-state index contributed by atoms with van der Waals surface area (Å²) < 4.78 is 26.9. The molecule has 2 atom stereocenters. The summed E-state index contributed by atoms with van der Waals surface area (Å²) in [4.78, 5) is 23.5. The van der Waals surface area contributed by atoms with E-state index in [1.165, 1.54) is 4.31 Å². The molecule has 1 fully saturated rings. The maximum Gasteiger partial charge on any atom is 0.326 e. The minimum atomic E-state index is -3.74. The van der Waals surface area contributed by atoms with Crippen molar-refractivity contribution in [2.45, 2.75) is 50.7 Å². The van der Waals surface area contributed by atoms with Gasteiger partial charge in [0.25, 0.3) is 0 Å². The van der Waals surface area contributed by atoms with Gasteiger partial charge in [0.05, 0.1) is 11.1 Å². The highest BCUT2D eigenvalue weighted by Gasteiger charge is 2.36. The van der Waals surface area contributed by atoms with Crippen molar-refractivity contribution in [1.82, 2.24) is 14.9 Å². The van der Waals surface area contributed by atoms with Gasteiger partial charge in [0, 0.05) is 6.54 Å². The Balaban J connectivity index is 2.11. The van der Waals surface area contributed by atoms with E-state index < -0.39 is 34.2 Å². The number of sulfonamides is 1. The quantitative estimate of drug-likeness (QED) is 0.689. The lowest BCUT2D eigenvalue weighted by atomic mass is 10.1. The molecule has 0 unspecified atom stereocenters. The summed E-state index contributed by atoms with van der Waals surface area (Å²) in [5.41, 5.74) is 0.952. The van der Waals surface area contributed by atoms with Crippen LogP contribution in [0.5, 0.6) is 0 Å². The first-order valence-corrected chi connectivity index (χ1v) is 9.95. The molecule has 1 aliphatic heterocycles. The Hall–Kier alpha value is -2.13. The molecule has 0 aliphatic carbocycles. The van der Waals surface area contributed by atoms with Crippen LogP contribution in [-0.2, 0) is 14.8 Å². The van der Waals surface area contributed by atoms with Crippen LogP contribution >= 0.6 is 0 Å². The zero-order chi connectivity index (χ0) is 19.5. The summed E-state index contributed by atoms with van der Waals surface area (Å²) in [5.74, 6) is -1.43. The maximum absolute atomic E-state index is 12.8. The molecule has 0 radical (unpaired) electrons. The van der Waals surface area contributed by atoms with Gasteiger partial charge in [0.15, 0.2) is 0 Å². The number of nitrogens with one attached hydrogen (secondary N) is 2. The summed E-state index contributed by atoms with van der Waals surface area (Å²) in [7, 11) is -3.74. The Bertz CT molecular complexity index is 761. The monoisotopic (exact) mass is 383 g/mol. The highest BCUT2D eigenvalue weighted by Crippen LogP contribution is 2.25. The molecule has 3 N–H and O–H groups in total. The number of nitrogens with zero attached hydrogens (tertiary/aromatic N) is 1. The lowest BCUT2D eigenvalue weighted by Gasteiger charge is -2.26. The van der Waals surface area contributed by atoms with Crippen molar-refractivity contribution < 1.29 is 23.1 Å². The van der Waals surface area contributed by atoms with E-state index in [1.807, 2.05) is 6.92 Å². The first-order valence-electron chi connectivity index (χ1n) is 8.51. The fourth-order valence-electron chi connectivity index (χ4n) is 2.87. The largest absolute Gasteiger partial charge is 0.480 e. The van der Waals surface area contributed by atoms with Gasteiger partial charge in [0.2, 0.25) is 10.0 Å². The number of benzene rings is 1. The van der Waals surface area contributed by atoms with Gasteiger partial charge in [0.1, 0.15) is 6.04 Å². The highest BCUT2D eigenvalue weighted by molar-refractivity contribution is 7.89. The Morgan fingerprint density at radius 3 is 2.38 bits per heavy atom. The van der Waals surface area contributed by atoms with Crippen molar-refractivity contribution in [3.63, 3.8) is 0 Å². The molecule has 1 aliphatic rings. The van der Waals surface area contributed by atoms with E-state index in [1.54, 1.807) is 38.1 Å². The third-order valence-electron chi connectivity index (χ3n) is 4.35. The zero-order valence-corrected chi connectivity index (χ0v) is 15.9. The summed E-state index contributed by atoms with van der Waals surface area (Å²) in [5, 5.41) is 14.1. The summed E-state index contributed by atoms with van der Waals surface area (Å²) in [6.07, 6.45) is 0.378. The number of aliphatic carboxylic acids is 1. The Morgan fingerprint density at radius 2 is 1.85 bits per heavy atom. The lowest BCUT2D eigenvalue weighted by molar-refractivity contribution is -0.140. The number of rotatable bonds is 6. The smallest absolute Gasteiger partial charge is 0.326 e. The number of carboxylic acids is 1. The van der Waals surface area contributed by atoms with Crippen LogP contribution in [-0.4, -0.2) is 48.6 Å². The molecule has 1 heterocycles. The molecule has 9 heteroatoms. The van der Waals surface area contributed by atoms with Crippen LogP contribution in [0.15, 0.2) is 29.2 Å². The molecule has 2 amide bonds. The van der Waals surface area contributed by atoms with Crippen molar-refractivity contribution in [1.29, 1.82) is 0 Å². The number of carbonyl (C=O) groups is 2. The van der Waals surface area contributed by atoms with Gasteiger partial charge in [-0.2, -0.15) is 4.31 Å². The molecule has 26 heavy (non-hydrogen) atoms. The molecule has 0 spiro atoms. The fraction of sp³-hybridized carbons (Fsp3) is 0.529. The van der Waals surface area contributed by atoms with Crippen LogP contribution in [0.3, 0.4) is 0 Å². The van der Waals surface area contributed by atoms with Crippen molar-refractivity contribution in [3.8, 4) is 0 Å². The van der Waals surface area contributed by atoms with Crippen molar-refractivity contribution in [3.05, 3.63) is 29.8 Å². The number of carboxylic acid groups (broad SMARTS) is 1. The molecule has 8 nitrogen and oxygen atoms in total. The average molecular weight is 383 g/mol. The average Bonchev–Trinajstić information content (AvgIpc) is 3.01. The van der Waals surface area contributed by atoms with Crippen LogP contribution in [0.2, 0.25) is 0 Å². The first kappa shape index (κ1) is 20.2. The molecule has 0 saturated carbocycles. The van der Waals surface area contributed by atoms with E-state index in [0.29, 0.717) is 19.4 Å². The normalized spacial score (nSPS) is 19.3. The second kappa shape index (κ2) is 8.05. The van der Waals surface area contributed by atoms with Crippen LogP contribution in [0, 0.1) is 12.8 Å². The van der Waals surface area contributed by atoms with Gasteiger partial charge < -0.3 is 15.7 Å². The molecule has 0 bridgehead atoms. The number of carbonyl (C=O) groups excluding carboxylic acids is 1. The molecule has 1 saturated heterocycles. The van der Waals surface area contributed by atoms with E-state index in [2.05, 4.69) is 10.6 Å². The van der Waals surface area contributed by atoms with Crippen molar-refractivity contribution >= 4 is 22.0 Å². The van der Waals surface area contributed by atoms with Gasteiger partial charge in [-0.05, 0) is 37.8 Å². The Morgan fingerprint density at radius 1 is 1.23 bits per heavy atom. The van der Waals surface area contributed by atoms with Crippen LogP contribution in [0.1, 0.15) is 32.3 Å². The molecule has 1 aromatic carbocycles. The number of hydrogen-bond donors (Lipinski definition) is 3. The summed E-state index contributed by atoms with van der Waals surface area (Å²) in [6.45, 7) is 5.54. The lowest BCUT2D eigenvalue weighted by Crippen LogP contribution is -2.54. The van der Waals surface area contributed by atoms with E-state index in [4.69, 9.17) is 5.11 Å². The SMILES string of the molecule is Cc1ccc(S(=O)(=O)N2CCC[C@H]2NC(=O)N[C@H](C(=O)O)C(C)C)cc1. The van der Waals surface area contributed by atoms with Crippen LogP contribution in [0.4, 0.5) is 4.79 Å². The fourth-order valence-corrected chi connectivity index (χ4v) is 4.48. The Labute approximate surface area is 153 Å². The van der Waals surface area contributed by atoms with E-state index in [0.717, 1.165) is 5.56 Å². The minimum absolute atomic E-state index is 0.169. The third-order valence-corrected chi connectivity index (χ3v) is 6.27. The summed E-state index contributed by atoms with van der Waals surface area (Å²) in [6, 6.07) is 4.79. The number of aryl methyl sites for hydroxylation is 1. The van der Waals surface area contributed by atoms with Gasteiger partial charge in [-0.1, -0.05) is 31.5 Å². The van der Waals surface area contributed by atoms with Gasteiger partial charge in [-0.3, -0.25) is 0 Å². The summed E-state index contributed by atoms with van der Waals surface area (Å²) >= 11 is 0. The van der Waals surface area contributed by atoms with E-state index >= 15 is 0 Å². The highest BCUT2D eigenvalue weighted by atomic mass is 32.2. The second-order valence-corrected chi connectivity index (χ2v) is 8.66. The van der Waals surface area contributed by atoms with Gasteiger partial charge >= 0.3 is 12.0 Å². The zero-order valence-electron chi connectivity index (χ0n) is 15.1. The predicted octanol–water partition coefficient (Wildman–Crippen LogP) is 1.51. The minimum Gasteiger partial charge on any atom is -0.480 e. The number of urea groups is 1. The second-order valence-electron chi connectivity index (χ2n) is 6.76. The van der Waals surface area contributed by atoms with Gasteiger partial charge in [-0.15, -0.1) is 0 Å². The molecule has 144 valence electrons. The molecule has 2 rings (SSSR count). The molecule has 0 aromatic heterocycles. The molecular formula is C17H25N3O5S. The van der Waals surface area contributed by atoms with Crippen molar-refractivity contribution in [2.75, 3.05) is 6.54 Å². The molecule has 1 aromatic rings. The Kier molecular flexibility index (Phi) is 6.25. The number of hydrogen-bond acceptors (Lipinski definition) is 4. The topological polar surface area (TPSA) is 116 Å². The maximum atomic E-state index is 12.8. The number of amides is 2. The first-order chi connectivity index (χ1) is 12.1. The van der Waals surface area contributed by atoms with Crippen LogP contribution < -0.4 is 10.6 Å². The van der Waals surface area contributed by atoms with E-state index in [-0.39, 0.29) is 10.8 Å². The van der Waals surface area contributed by atoms with Crippen molar-refractivity contribution in [2.24, 2.45) is 5.92 Å². The predicted molar refractivity (Wildman–Crippen MR) is 96.0 cm³/mol. The van der Waals surface area contributed by atoms with E-state index in [9.17, 15) is 18.0 Å². The molecular weight excluding hydrogens is 358 g/mol. The third kappa shape index (κ3) is 4.53.